The van der Waals surface area contributed by atoms with Crippen molar-refractivity contribution >= 4 is 5.91 Å². The number of amides is 1. The molecule has 0 bridgehead atoms. The third kappa shape index (κ3) is 3.46. The molecule has 20 heavy (non-hydrogen) atoms. The number of nitrogens with zero attached hydrogens (tertiary/aromatic N) is 4. The van der Waals surface area contributed by atoms with Gasteiger partial charge < -0.3 is 5.32 Å². The zero-order valence-corrected chi connectivity index (χ0v) is 12.3. The summed E-state index contributed by atoms with van der Waals surface area (Å²) in [5.41, 5.74) is 3.00. The minimum Gasteiger partial charge on any atom is -0.356 e. The summed E-state index contributed by atoms with van der Waals surface area (Å²) < 4.78 is 3.68. The van der Waals surface area contributed by atoms with Crippen LogP contribution in [0.2, 0.25) is 0 Å². The third-order valence-electron chi connectivity index (χ3n) is 3.44. The van der Waals surface area contributed by atoms with E-state index in [1.54, 1.807) is 6.20 Å². The van der Waals surface area contributed by atoms with Gasteiger partial charge in [0.25, 0.3) is 0 Å². The van der Waals surface area contributed by atoms with Crippen molar-refractivity contribution in [3.05, 3.63) is 35.4 Å². The molecule has 0 fully saturated rings. The Bertz CT molecular complexity index is 571. The largest absolute Gasteiger partial charge is 0.356 e. The monoisotopic (exact) mass is 275 g/mol. The Morgan fingerprint density at radius 3 is 2.80 bits per heavy atom. The lowest BCUT2D eigenvalue weighted by Crippen LogP contribution is -2.27. The molecule has 108 valence electrons. The van der Waals surface area contributed by atoms with Gasteiger partial charge in [-0.25, -0.2) is 0 Å². The Morgan fingerprint density at radius 1 is 1.40 bits per heavy atom. The summed E-state index contributed by atoms with van der Waals surface area (Å²) in [5.74, 6) is 0.0460. The molecule has 0 radical (unpaired) electrons. The van der Waals surface area contributed by atoms with Crippen molar-refractivity contribution in [1.29, 1.82) is 0 Å². The molecule has 2 aromatic heterocycles. The van der Waals surface area contributed by atoms with Gasteiger partial charge in [0.1, 0.15) is 0 Å². The van der Waals surface area contributed by atoms with Crippen LogP contribution in [0.4, 0.5) is 0 Å². The first-order valence-corrected chi connectivity index (χ1v) is 6.81. The number of aryl methyl sites for hydroxylation is 3. The summed E-state index contributed by atoms with van der Waals surface area (Å²) in [7, 11) is 1.90. The Labute approximate surface area is 118 Å². The van der Waals surface area contributed by atoms with Crippen molar-refractivity contribution in [2.45, 2.75) is 33.2 Å². The van der Waals surface area contributed by atoms with Crippen molar-refractivity contribution < 1.29 is 4.79 Å². The summed E-state index contributed by atoms with van der Waals surface area (Å²) in [6.07, 6.45) is 4.95. The summed E-state index contributed by atoms with van der Waals surface area (Å²) >= 11 is 0. The fourth-order valence-corrected chi connectivity index (χ4v) is 2.20. The zero-order chi connectivity index (χ0) is 14.5. The van der Waals surface area contributed by atoms with E-state index in [0.717, 1.165) is 29.9 Å². The van der Waals surface area contributed by atoms with Crippen LogP contribution in [0, 0.1) is 13.8 Å². The highest BCUT2D eigenvalue weighted by Crippen LogP contribution is 2.12. The molecule has 1 N–H and O–H groups in total. The standard InChI is InChI=1S/C14H21N5O/c1-11-13(12(2)18(3)17-11)10-14(20)15-6-4-8-19-9-5-7-16-19/h5,7,9H,4,6,8,10H2,1-3H3,(H,15,20). The lowest BCUT2D eigenvalue weighted by atomic mass is 10.1. The number of aromatic nitrogens is 4. The summed E-state index contributed by atoms with van der Waals surface area (Å²) in [5, 5.41) is 11.4. The molecule has 6 heteroatoms. The summed E-state index contributed by atoms with van der Waals surface area (Å²) in [6.45, 7) is 5.41. The van der Waals surface area contributed by atoms with Gasteiger partial charge in [0, 0.05) is 43.8 Å². The van der Waals surface area contributed by atoms with E-state index in [2.05, 4.69) is 15.5 Å². The van der Waals surface area contributed by atoms with Crippen LogP contribution in [0.1, 0.15) is 23.4 Å². The molecule has 0 aliphatic carbocycles. The smallest absolute Gasteiger partial charge is 0.224 e. The fraction of sp³-hybridized carbons (Fsp3) is 0.500. The van der Waals surface area contributed by atoms with Crippen molar-refractivity contribution in [3.63, 3.8) is 0 Å². The number of nitrogens with one attached hydrogen (secondary N) is 1. The van der Waals surface area contributed by atoms with E-state index in [0.29, 0.717) is 13.0 Å². The van der Waals surface area contributed by atoms with Crippen LogP contribution in [-0.2, 0) is 24.8 Å². The first-order chi connectivity index (χ1) is 9.58. The van der Waals surface area contributed by atoms with Crippen molar-refractivity contribution in [1.82, 2.24) is 24.9 Å². The lowest BCUT2D eigenvalue weighted by Gasteiger charge is -2.06. The van der Waals surface area contributed by atoms with Gasteiger partial charge >= 0.3 is 0 Å². The van der Waals surface area contributed by atoms with E-state index in [4.69, 9.17) is 0 Å². The molecule has 2 heterocycles. The second-order valence-electron chi connectivity index (χ2n) is 4.92. The van der Waals surface area contributed by atoms with Gasteiger partial charge in [0.15, 0.2) is 0 Å². The molecule has 1 amide bonds. The van der Waals surface area contributed by atoms with Crippen LogP contribution >= 0.6 is 0 Å². The van der Waals surface area contributed by atoms with Gasteiger partial charge in [0.2, 0.25) is 5.91 Å². The van der Waals surface area contributed by atoms with Crippen LogP contribution in [0.5, 0.6) is 0 Å². The topological polar surface area (TPSA) is 64.7 Å². The van der Waals surface area contributed by atoms with Crippen LogP contribution in [0.25, 0.3) is 0 Å². The minimum absolute atomic E-state index is 0.0460. The first-order valence-electron chi connectivity index (χ1n) is 6.81. The second kappa shape index (κ2) is 6.36. The number of hydrogen-bond donors (Lipinski definition) is 1. The molecule has 2 aromatic rings. The SMILES string of the molecule is Cc1nn(C)c(C)c1CC(=O)NCCCn1cccn1. The first kappa shape index (κ1) is 14.3. The van der Waals surface area contributed by atoms with Gasteiger partial charge in [-0.2, -0.15) is 10.2 Å². The Morgan fingerprint density at radius 2 is 2.20 bits per heavy atom. The molecule has 2 rings (SSSR count). The predicted octanol–water partition coefficient (Wildman–Crippen LogP) is 0.982. The maximum atomic E-state index is 11.9. The molecule has 0 atom stereocenters. The summed E-state index contributed by atoms with van der Waals surface area (Å²) in [6, 6.07) is 1.90. The number of hydrogen-bond acceptors (Lipinski definition) is 3. The average Bonchev–Trinajstić information content (AvgIpc) is 3.00. The number of carbonyl (C=O) groups excluding carboxylic acids is 1. The van der Waals surface area contributed by atoms with Gasteiger partial charge in [-0.1, -0.05) is 0 Å². The van der Waals surface area contributed by atoms with Crippen molar-refractivity contribution in [3.8, 4) is 0 Å². The normalized spacial score (nSPS) is 10.8. The highest BCUT2D eigenvalue weighted by atomic mass is 16.1. The number of carbonyl (C=O) groups is 1. The molecule has 0 spiro atoms. The van der Waals surface area contributed by atoms with E-state index in [1.165, 1.54) is 0 Å². The van der Waals surface area contributed by atoms with Crippen LogP contribution < -0.4 is 5.32 Å². The van der Waals surface area contributed by atoms with Crippen molar-refractivity contribution in [2.75, 3.05) is 6.54 Å². The van der Waals surface area contributed by atoms with E-state index in [-0.39, 0.29) is 5.91 Å². The second-order valence-corrected chi connectivity index (χ2v) is 4.92. The van der Waals surface area contributed by atoms with Gasteiger partial charge in [-0.3, -0.25) is 14.2 Å². The molecular formula is C14H21N5O. The van der Waals surface area contributed by atoms with E-state index >= 15 is 0 Å². The fourth-order valence-electron chi connectivity index (χ4n) is 2.20. The van der Waals surface area contributed by atoms with Crippen molar-refractivity contribution in [2.24, 2.45) is 7.05 Å². The molecule has 0 saturated heterocycles. The Hall–Kier alpha value is -2.11. The molecule has 6 nitrogen and oxygen atoms in total. The number of rotatable bonds is 6. The van der Waals surface area contributed by atoms with Crippen LogP contribution in [0.3, 0.4) is 0 Å². The third-order valence-corrected chi connectivity index (χ3v) is 3.44. The lowest BCUT2D eigenvalue weighted by molar-refractivity contribution is -0.120. The quantitative estimate of drug-likeness (QED) is 0.799. The Balaban J connectivity index is 1.75. The van der Waals surface area contributed by atoms with Gasteiger partial charge in [-0.05, 0) is 26.3 Å². The maximum absolute atomic E-state index is 11.9. The van der Waals surface area contributed by atoms with Gasteiger partial charge in [0.05, 0.1) is 12.1 Å². The van der Waals surface area contributed by atoms with Crippen LogP contribution in [-0.4, -0.2) is 32.0 Å². The predicted molar refractivity (Wildman–Crippen MR) is 76.2 cm³/mol. The minimum atomic E-state index is 0.0460. The Kier molecular flexibility index (Phi) is 4.55. The van der Waals surface area contributed by atoms with Gasteiger partial charge in [-0.15, -0.1) is 0 Å². The molecule has 0 saturated carbocycles. The molecule has 0 aliphatic rings. The van der Waals surface area contributed by atoms with E-state index in [9.17, 15) is 4.79 Å². The molecular weight excluding hydrogens is 254 g/mol. The maximum Gasteiger partial charge on any atom is 0.224 e. The molecule has 0 unspecified atom stereocenters. The molecule has 0 aromatic carbocycles. The average molecular weight is 275 g/mol. The highest BCUT2D eigenvalue weighted by Gasteiger charge is 2.12. The molecule has 0 aliphatic heterocycles. The highest BCUT2D eigenvalue weighted by molar-refractivity contribution is 5.79. The zero-order valence-electron chi connectivity index (χ0n) is 12.3. The summed E-state index contributed by atoms with van der Waals surface area (Å²) in [4.78, 5) is 11.9. The van der Waals surface area contributed by atoms with E-state index in [1.807, 2.05) is 42.5 Å². The van der Waals surface area contributed by atoms with E-state index < -0.39 is 0 Å². The van der Waals surface area contributed by atoms with Crippen LogP contribution in [0.15, 0.2) is 18.5 Å².